The quantitative estimate of drug-likeness (QED) is 0.195. The number of nitrogens with one attached hydrogen (secondary N) is 1. The van der Waals surface area contributed by atoms with E-state index in [-0.39, 0.29) is 74.4 Å². The molecular formula is C50H75N3O6. The molecule has 8 fully saturated rings. The van der Waals surface area contributed by atoms with Gasteiger partial charge in [0.15, 0.2) is 0 Å². The van der Waals surface area contributed by atoms with Gasteiger partial charge in [-0.1, -0.05) is 60.6 Å². The van der Waals surface area contributed by atoms with Crippen molar-refractivity contribution in [2.45, 2.75) is 176 Å². The lowest BCUT2D eigenvalue weighted by molar-refractivity contribution is -0.255. The van der Waals surface area contributed by atoms with Crippen molar-refractivity contribution in [1.82, 2.24) is 10.2 Å². The van der Waals surface area contributed by atoms with Crippen molar-refractivity contribution in [2.75, 3.05) is 13.1 Å². The molecule has 2 amide bonds. The number of rotatable bonds is 7. The molecule has 2 heterocycles. The van der Waals surface area contributed by atoms with Gasteiger partial charge in [-0.2, -0.15) is 0 Å². The normalized spacial score (nSPS) is 49.8. The van der Waals surface area contributed by atoms with Crippen molar-refractivity contribution < 1.29 is 29.0 Å². The highest BCUT2D eigenvalue weighted by Crippen LogP contribution is 2.80. The summed E-state index contributed by atoms with van der Waals surface area (Å²) < 4.78 is 6.48. The first kappa shape index (κ1) is 41.6. The Kier molecular flexibility index (Phi) is 9.28. The summed E-state index contributed by atoms with van der Waals surface area (Å²) in [5.74, 6) is -0.0309. The molecule has 0 aromatic carbocycles. The van der Waals surface area contributed by atoms with Gasteiger partial charge in [0.05, 0.1) is 28.2 Å². The van der Waals surface area contributed by atoms with Gasteiger partial charge in [-0.3, -0.25) is 24.2 Å². The van der Waals surface area contributed by atoms with Gasteiger partial charge in [0.2, 0.25) is 11.8 Å². The van der Waals surface area contributed by atoms with E-state index in [4.69, 9.17) is 9.73 Å². The van der Waals surface area contributed by atoms with E-state index in [9.17, 15) is 19.5 Å². The van der Waals surface area contributed by atoms with Gasteiger partial charge in [0.1, 0.15) is 6.10 Å². The van der Waals surface area contributed by atoms with Crippen molar-refractivity contribution in [1.29, 1.82) is 0 Å². The molecule has 9 nitrogen and oxygen atoms in total. The van der Waals surface area contributed by atoms with E-state index in [0.717, 1.165) is 96.6 Å². The maximum atomic E-state index is 15.1. The van der Waals surface area contributed by atoms with E-state index < -0.39 is 28.6 Å². The Balaban J connectivity index is 0.946. The molecule has 2 N–H and O–H groups in total. The number of nitrogens with zero attached hydrogens (tertiary/aromatic N) is 2. The molecule has 7 saturated carbocycles. The Morgan fingerprint density at radius 1 is 0.763 bits per heavy atom. The minimum atomic E-state index is -0.832. The largest absolute Gasteiger partial charge is 0.481 e. The highest BCUT2D eigenvalue weighted by Gasteiger charge is 2.78. The first-order valence-corrected chi connectivity index (χ1v) is 23.8. The van der Waals surface area contributed by atoms with Crippen LogP contribution in [0.25, 0.3) is 0 Å². The van der Waals surface area contributed by atoms with Gasteiger partial charge < -0.3 is 20.1 Å². The van der Waals surface area contributed by atoms with Crippen molar-refractivity contribution >= 4 is 30.0 Å². The highest BCUT2D eigenvalue weighted by molar-refractivity contribution is 5.86. The van der Waals surface area contributed by atoms with E-state index in [1.54, 1.807) is 0 Å². The molecule has 2 unspecified atom stereocenters. The molecule has 0 bridgehead atoms. The molecule has 9 aliphatic rings. The second kappa shape index (κ2) is 13.2. The molecule has 15 atom stereocenters. The number of piperidine rings is 1. The SMILES string of the molecule is C=C(C)[C@@H]1CC[C@]2(C(=O)NC3C[C@@H](C(=O)N4CCCCC4)C3(C)C)CC[C@]3(C)[C@H](CC[C@@H]4[C@@]5(C)CC[C@H](OC(=O)C6C[C@H](C(=O)O)C6(C)C)[C@@]6(C)C=N[C@]65CC[C@]43C)[C@@H]12. The number of allylic oxidation sites excluding steroid dienone is 1. The van der Waals surface area contributed by atoms with E-state index in [1.807, 2.05) is 13.8 Å². The lowest BCUT2D eigenvalue weighted by Gasteiger charge is -2.76. The molecule has 0 aromatic rings. The molecule has 59 heavy (non-hydrogen) atoms. The third kappa shape index (κ3) is 5.17. The number of esters is 1. The fraction of sp³-hybridized carbons (Fsp3) is 0.860. The Morgan fingerprint density at radius 2 is 1.46 bits per heavy atom. The maximum Gasteiger partial charge on any atom is 0.309 e. The van der Waals surface area contributed by atoms with Crippen LogP contribution in [0.15, 0.2) is 17.1 Å². The van der Waals surface area contributed by atoms with Crippen LogP contribution in [0.5, 0.6) is 0 Å². The number of aliphatic carboxylic acids is 1. The summed E-state index contributed by atoms with van der Waals surface area (Å²) in [6.45, 7) is 26.7. The number of aliphatic imine (C=N–C) groups is 1. The fourth-order valence-electron chi connectivity index (χ4n) is 17.2. The zero-order chi connectivity index (χ0) is 42.5. The van der Waals surface area contributed by atoms with Gasteiger partial charge in [-0.25, -0.2) is 0 Å². The number of fused-ring (bicyclic) bond motifs is 6. The van der Waals surface area contributed by atoms with Crippen molar-refractivity contribution in [3.05, 3.63) is 12.2 Å². The highest BCUT2D eigenvalue weighted by atomic mass is 16.5. The number of carboxylic acid groups (broad SMARTS) is 1. The first-order valence-electron chi connectivity index (χ1n) is 23.8. The van der Waals surface area contributed by atoms with Crippen LogP contribution < -0.4 is 5.32 Å². The maximum absolute atomic E-state index is 15.1. The van der Waals surface area contributed by atoms with Gasteiger partial charge in [0.25, 0.3) is 0 Å². The van der Waals surface area contributed by atoms with Gasteiger partial charge in [-0.05, 0) is 161 Å². The summed E-state index contributed by atoms with van der Waals surface area (Å²) >= 11 is 0. The smallest absolute Gasteiger partial charge is 0.309 e. The van der Waals surface area contributed by atoms with Crippen molar-refractivity contribution in [2.24, 2.45) is 84.3 Å². The number of carboxylic acids is 1. The number of ether oxygens (including phenoxy) is 1. The lowest BCUT2D eigenvalue weighted by Crippen LogP contribution is -2.77. The third-order valence-corrected chi connectivity index (χ3v) is 21.6. The number of amides is 2. The molecule has 7 aliphatic carbocycles. The molecular weight excluding hydrogens is 739 g/mol. The molecule has 0 aromatic heterocycles. The van der Waals surface area contributed by atoms with Crippen LogP contribution in [0.3, 0.4) is 0 Å². The fourth-order valence-corrected chi connectivity index (χ4v) is 17.2. The molecule has 9 rings (SSSR count). The van der Waals surface area contributed by atoms with Crippen LogP contribution in [0, 0.1) is 79.3 Å². The zero-order valence-electron chi connectivity index (χ0n) is 37.9. The molecule has 0 radical (unpaired) electrons. The van der Waals surface area contributed by atoms with Gasteiger partial charge >= 0.3 is 11.9 Å². The minimum Gasteiger partial charge on any atom is -0.481 e. The summed E-state index contributed by atoms with van der Waals surface area (Å²) in [6.07, 6.45) is 16.2. The van der Waals surface area contributed by atoms with E-state index in [2.05, 4.69) is 71.5 Å². The number of hydrogen-bond donors (Lipinski definition) is 2. The summed E-state index contributed by atoms with van der Waals surface area (Å²) in [4.78, 5) is 61.8. The Labute approximate surface area is 354 Å². The van der Waals surface area contributed by atoms with E-state index >= 15 is 4.79 Å². The Morgan fingerprint density at radius 3 is 2.07 bits per heavy atom. The van der Waals surface area contributed by atoms with Crippen LogP contribution >= 0.6 is 0 Å². The molecule has 1 saturated heterocycles. The average Bonchev–Trinajstić information content (AvgIpc) is 3.58. The Bertz CT molecular complexity index is 1870. The number of carbonyl (C=O) groups excluding carboxylic acids is 3. The topological polar surface area (TPSA) is 125 Å². The van der Waals surface area contributed by atoms with Gasteiger partial charge in [0, 0.05) is 31.3 Å². The molecule has 2 aliphatic heterocycles. The van der Waals surface area contributed by atoms with Crippen LogP contribution in [0.2, 0.25) is 0 Å². The van der Waals surface area contributed by atoms with Crippen LogP contribution in [-0.4, -0.2) is 70.7 Å². The van der Waals surface area contributed by atoms with Crippen molar-refractivity contribution in [3.8, 4) is 0 Å². The van der Waals surface area contributed by atoms with E-state index in [1.165, 1.54) is 12.0 Å². The summed E-state index contributed by atoms with van der Waals surface area (Å²) in [5, 5.41) is 13.4. The third-order valence-electron chi connectivity index (χ3n) is 21.6. The summed E-state index contributed by atoms with van der Waals surface area (Å²) in [7, 11) is 0. The first-order chi connectivity index (χ1) is 27.6. The molecule has 1 spiro atoms. The Hall–Kier alpha value is -2.71. The van der Waals surface area contributed by atoms with Crippen LogP contribution in [-0.2, 0) is 23.9 Å². The summed E-state index contributed by atoms with van der Waals surface area (Å²) in [6, 6.07) is 0.0114. The monoisotopic (exact) mass is 814 g/mol. The average molecular weight is 814 g/mol. The molecule has 9 heteroatoms. The number of carbonyl (C=O) groups is 4. The predicted octanol–water partition coefficient (Wildman–Crippen LogP) is 9.03. The van der Waals surface area contributed by atoms with E-state index in [0.29, 0.717) is 24.2 Å². The second-order valence-corrected chi connectivity index (χ2v) is 24.0. The lowest BCUT2D eigenvalue weighted by atomic mass is 9.30. The minimum absolute atomic E-state index is 0.0114. The van der Waals surface area contributed by atoms with Crippen LogP contribution in [0.1, 0.15) is 159 Å². The number of hydrogen-bond acceptors (Lipinski definition) is 6. The standard InChI is InChI=1S/C50H75N3O6/c1-29(2)30-16-19-49(42(58)52-36-27-32(44(36,5)6)39(54)53-24-12-11-13-25-53)22-20-45(7)31(38(30)49)14-15-35-46(45,8)21-23-50-47(35,9)18-17-37(48(50,10)28-51-50)59-41(57)34-26-33(40(55)56)43(34,3)4/h28,30-38H,1,11-27H2,2-10H3,(H,52,58)(H,55,56)/t30-,31+,32-,33+,34?,35-,36?,37-,38+,45+,46+,47+,48+,49-,50-/m0/s1. The number of likely N-dealkylation sites (tertiary alicyclic amines) is 1. The predicted molar refractivity (Wildman–Crippen MR) is 228 cm³/mol. The summed E-state index contributed by atoms with van der Waals surface area (Å²) in [5.41, 5.74) is -0.675. The van der Waals surface area contributed by atoms with Gasteiger partial charge in [-0.15, -0.1) is 0 Å². The second-order valence-electron chi connectivity index (χ2n) is 24.0. The van der Waals surface area contributed by atoms with Crippen LogP contribution in [0.4, 0.5) is 0 Å². The molecule has 326 valence electrons. The van der Waals surface area contributed by atoms with Crippen molar-refractivity contribution in [3.63, 3.8) is 0 Å². The zero-order valence-corrected chi connectivity index (χ0v) is 37.9.